The Labute approximate surface area is 108 Å². The van der Waals surface area contributed by atoms with Crippen LogP contribution in [0.5, 0.6) is 0 Å². The van der Waals surface area contributed by atoms with Crippen molar-refractivity contribution in [3.8, 4) is 0 Å². The molecule has 1 N–H and O–H groups in total. The summed E-state index contributed by atoms with van der Waals surface area (Å²) >= 11 is 3.32. The lowest BCUT2D eigenvalue weighted by molar-refractivity contribution is 0.630. The fraction of sp³-hybridized carbons (Fsp3) is 0.154. The van der Waals surface area contributed by atoms with Crippen LogP contribution in [0.1, 0.15) is 11.1 Å². The van der Waals surface area contributed by atoms with E-state index in [1.165, 1.54) is 6.07 Å². The van der Waals surface area contributed by atoms with Gasteiger partial charge in [-0.3, -0.25) is 4.98 Å². The normalized spacial score (nSPS) is 10.3. The molecule has 4 heteroatoms. The molecule has 0 unspecified atom stereocenters. The number of benzene rings is 1. The van der Waals surface area contributed by atoms with Crippen molar-refractivity contribution in [3.05, 3.63) is 58.1 Å². The van der Waals surface area contributed by atoms with Gasteiger partial charge in [-0.2, -0.15) is 0 Å². The van der Waals surface area contributed by atoms with Gasteiger partial charge in [0, 0.05) is 23.4 Å². The summed E-state index contributed by atoms with van der Waals surface area (Å²) in [5.41, 5.74) is 2.62. The molecule has 0 aliphatic heterocycles. The number of rotatable bonds is 3. The summed E-state index contributed by atoms with van der Waals surface area (Å²) in [5, 5.41) is 3.05. The van der Waals surface area contributed by atoms with Crippen LogP contribution in [0.15, 0.2) is 41.1 Å². The predicted molar refractivity (Wildman–Crippen MR) is 70.4 cm³/mol. The average molecular weight is 295 g/mol. The number of hydrogen-bond acceptors (Lipinski definition) is 2. The number of aromatic nitrogens is 1. The SMILES string of the molecule is Cc1cncc(CNc2cc(Br)ccc2F)c1. The zero-order valence-electron chi connectivity index (χ0n) is 9.37. The van der Waals surface area contributed by atoms with Crippen LogP contribution in [0.3, 0.4) is 0 Å². The highest BCUT2D eigenvalue weighted by molar-refractivity contribution is 9.10. The lowest BCUT2D eigenvalue weighted by Crippen LogP contribution is -2.02. The maximum absolute atomic E-state index is 13.5. The number of hydrogen-bond donors (Lipinski definition) is 1. The topological polar surface area (TPSA) is 24.9 Å². The van der Waals surface area contributed by atoms with E-state index in [1.807, 2.05) is 13.0 Å². The van der Waals surface area contributed by atoms with Gasteiger partial charge in [0.1, 0.15) is 5.82 Å². The van der Waals surface area contributed by atoms with Crippen LogP contribution in [0.25, 0.3) is 0 Å². The second-order valence-corrected chi connectivity index (χ2v) is 4.76. The monoisotopic (exact) mass is 294 g/mol. The lowest BCUT2D eigenvalue weighted by Gasteiger charge is -2.08. The average Bonchev–Trinajstić information content (AvgIpc) is 2.30. The molecular formula is C13H12BrFN2. The van der Waals surface area contributed by atoms with E-state index in [1.54, 1.807) is 24.5 Å². The Morgan fingerprint density at radius 3 is 2.88 bits per heavy atom. The number of nitrogens with zero attached hydrogens (tertiary/aromatic N) is 1. The summed E-state index contributed by atoms with van der Waals surface area (Å²) in [5.74, 6) is -0.256. The van der Waals surface area contributed by atoms with Crippen molar-refractivity contribution in [1.29, 1.82) is 0 Å². The quantitative estimate of drug-likeness (QED) is 0.928. The number of pyridine rings is 1. The molecule has 2 nitrogen and oxygen atoms in total. The third-order valence-corrected chi connectivity index (χ3v) is 2.84. The minimum absolute atomic E-state index is 0.256. The van der Waals surface area contributed by atoms with E-state index in [-0.39, 0.29) is 5.82 Å². The summed E-state index contributed by atoms with van der Waals surface area (Å²) in [6.07, 6.45) is 3.57. The van der Waals surface area contributed by atoms with Gasteiger partial charge in [0.25, 0.3) is 0 Å². The zero-order chi connectivity index (χ0) is 12.3. The summed E-state index contributed by atoms with van der Waals surface area (Å²) in [6.45, 7) is 2.54. The van der Waals surface area contributed by atoms with Gasteiger partial charge >= 0.3 is 0 Å². The van der Waals surface area contributed by atoms with E-state index in [2.05, 4.69) is 26.2 Å². The van der Waals surface area contributed by atoms with Crippen molar-refractivity contribution < 1.29 is 4.39 Å². The van der Waals surface area contributed by atoms with Crippen molar-refractivity contribution >= 4 is 21.6 Å². The van der Waals surface area contributed by atoms with Crippen LogP contribution in [0.2, 0.25) is 0 Å². The second-order valence-electron chi connectivity index (χ2n) is 3.85. The van der Waals surface area contributed by atoms with E-state index in [0.29, 0.717) is 12.2 Å². The van der Waals surface area contributed by atoms with Crippen molar-refractivity contribution in [2.45, 2.75) is 13.5 Å². The molecule has 88 valence electrons. The van der Waals surface area contributed by atoms with Crippen LogP contribution in [0, 0.1) is 12.7 Å². The van der Waals surface area contributed by atoms with Gasteiger partial charge in [-0.05, 0) is 36.2 Å². The van der Waals surface area contributed by atoms with E-state index in [4.69, 9.17) is 0 Å². The van der Waals surface area contributed by atoms with Crippen LogP contribution < -0.4 is 5.32 Å². The standard InChI is InChI=1S/C13H12BrFN2/c1-9-4-10(7-16-6-9)8-17-13-5-11(14)2-3-12(13)15/h2-7,17H,8H2,1H3. The first kappa shape index (κ1) is 12.0. The first-order chi connectivity index (χ1) is 8.15. The van der Waals surface area contributed by atoms with Crippen molar-refractivity contribution in [3.63, 3.8) is 0 Å². The maximum Gasteiger partial charge on any atom is 0.146 e. The second kappa shape index (κ2) is 5.27. The Balaban J connectivity index is 2.09. The molecule has 0 bridgehead atoms. The number of aryl methyl sites for hydroxylation is 1. The smallest absolute Gasteiger partial charge is 0.146 e. The minimum atomic E-state index is -0.256. The number of anilines is 1. The molecule has 17 heavy (non-hydrogen) atoms. The maximum atomic E-state index is 13.5. The van der Waals surface area contributed by atoms with Gasteiger partial charge in [0.2, 0.25) is 0 Å². The van der Waals surface area contributed by atoms with Gasteiger partial charge in [0.15, 0.2) is 0 Å². The molecule has 0 atom stereocenters. The lowest BCUT2D eigenvalue weighted by atomic mass is 10.2. The van der Waals surface area contributed by atoms with Gasteiger partial charge < -0.3 is 5.32 Å². The molecule has 0 fully saturated rings. The Morgan fingerprint density at radius 2 is 2.12 bits per heavy atom. The highest BCUT2D eigenvalue weighted by Gasteiger charge is 2.02. The number of nitrogens with one attached hydrogen (secondary N) is 1. The molecular weight excluding hydrogens is 283 g/mol. The summed E-state index contributed by atoms with van der Waals surface area (Å²) < 4.78 is 14.3. The van der Waals surface area contributed by atoms with Gasteiger partial charge in [-0.25, -0.2) is 4.39 Å². The third kappa shape index (κ3) is 3.27. The molecule has 1 aromatic carbocycles. The van der Waals surface area contributed by atoms with Crippen molar-refractivity contribution in [2.24, 2.45) is 0 Å². The predicted octanol–water partition coefficient (Wildman–Crippen LogP) is 3.90. The van der Waals surface area contributed by atoms with Crippen LogP contribution in [-0.4, -0.2) is 4.98 Å². The molecule has 1 aromatic heterocycles. The van der Waals surface area contributed by atoms with E-state index < -0.39 is 0 Å². The van der Waals surface area contributed by atoms with Crippen molar-refractivity contribution in [1.82, 2.24) is 4.98 Å². The highest BCUT2D eigenvalue weighted by atomic mass is 79.9. The van der Waals surface area contributed by atoms with Gasteiger partial charge in [-0.15, -0.1) is 0 Å². The van der Waals surface area contributed by atoms with Crippen LogP contribution in [0.4, 0.5) is 10.1 Å². The highest BCUT2D eigenvalue weighted by Crippen LogP contribution is 2.20. The first-order valence-corrected chi connectivity index (χ1v) is 6.04. The molecule has 0 aliphatic carbocycles. The summed E-state index contributed by atoms with van der Waals surface area (Å²) in [7, 11) is 0. The zero-order valence-corrected chi connectivity index (χ0v) is 11.0. The first-order valence-electron chi connectivity index (χ1n) is 5.24. The Bertz CT molecular complexity index is 529. The van der Waals surface area contributed by atoms with Crippen molar-refractivity contribution in [2.75, 3.05) is 5.32 Å². The fourth-order valence-electron chi connectivity index (χ4n) is 1.54. The molecule has 0 spiro atoms. The Morgan fingerprint density at radius 1 is 1.29 bits per heavy atom. The van der Waals surface area contributed by atoms with Crippen LogP contribution >= 0.6 is 15.9 Å². The molecule has 2 aromatic rings. The number of halogens is 2. The molecule has 0 saturated carbocycles. The van der Waals surface area contributed by atoms with E-state index >= 15 is 0 Å². The van der Waals surface area contributed by atoms with Gasteiger partial charge in [-0.1, -0.05) is 22.0 Å². The Hall–Kier alpha value is -1.42. The van der Waals surface area contributed by atoms with Crippen LogP contribution in [-0.2, 0) is 6.54 Å². The van der Waals surface area contributed by atoms with Gasteiger partial charge in [0.05, 0.1) is 5.69 Å². The minimum Gasteiger partial charge on any atom is -0.379 e. The third-order valence-electron chi connectivity index (χ3n) is 2.34. The molecule has 0 amide bonds. The molecule has 1 heterocycles. The summed E-state index contributed by atoms with van der Waals surface area (Å²) in [4.78, 5) is 4.09. The molecule has 0 radical (unpaired) electrons. The van der Waals surface area contributed by atoms with E-state index in [0.717, 1.165) is 15.6 Å². The van der Waals surface area contributed by atoms with E-state index in [9.17, 15) is 4.39 Å². The summed E-state index contributed by atoms with van der Waals surface area (Å²) in [6, 6.07) is 6.85. The molecule has 2 rings (SSSR count). The largest absolute Gasteiger partial charge is 0.379 e. The Kier molecular flexibility index (Phi) is 3.74. The molecule has 0 saturated heterocycles. The fourth-order valence-corrected chi connectivity index (χ4v) is 1.91. The molecule has 0 aliphatic rings.